The number of aromatic nitrogens is 2. The third kappa shape index (κ3) is 4.50. The van der Waals surface area contributed by atoms with E-state index in [4.69, 9.17) is 31.8 Å². The Morgan fingerprint density at radius 3 is 2.83 bits per heavy atom. The number of amides is 1. The van der Waals surface area contributed by atoms with Crippen molar-refractivity contribution in [3.63, 3.8) is 0 Å². The molecule has 4 aromatic rings. The van der Waals surface area contributed by atoms with Crippen LogP contribution in [0.1, 0.15) is 38.2 Å². The van der Waals surface area contributed by atoms with Gasteiger partial charge in [0.2, 0.25) is 5.91 Å². The van der Waals surface area contributed by atoms with E-state index in [1.807, 2.05) is 17.9 Å². The highest BCUT2D eigenvalue weighted by Gasteiger charge is 2.50. The van der Waals surface area contributed by atoms with Crippen LogP contribution in [-0.2, 0) is 4.79 Å². The van der Waals surface area contributed by atoms with E-state index in [0.29, 0.717) is 25.9 Å². The molecular weight excluding hydrogens is 667 g/mol. The van der Waals surface area contributed by atoms with E-state index in [1.165, 1.54) is 12.1 Å². The minimum atomic E-state index is -0.975. The summed E-state index contributed by atoms with van der Waals surface area (Å²) in [7, 11) is 1.73. The highest BCUT2D eigenvalue weighted by Crippen LogP contribution is 2.51. The van der Waals surface area contributed by atoms with Gasteiger partial charge in [-0.1, -0.05) is 17.7 Å². The SMILES string of the molecule is C[C@H]1COc2c(Cl)c(-c3ccc(F)c4sc(N)c(C#N)c34)c(F)c3nc(OC[C@@]45CCCN4C[C@H](F)C5)nc(c23)N1[C@H]1CCN(C)C1=O. The van der Waals surface area contributed by atoms with Gasteiger partial charge in [0, 0.05) is 37.5 Å². The third-order valence-electron chi connectivity index (χ3n) is 10.3. The molecule has 10 nitrogen and oxygen atoms in total. The molecule has 1 amide bonds. The average molecular weight is 698 g/mol. The lowest BCUT2D eigenvalue weighted by Crippen LogP contribution is -2.48. The topological polar surface area (TPSA) is 121 Å². The number of nitrogens with two attached hydrogens (primary N) is 1. The second-order valence-corrected chi connectivity index (χ2v) is 14.6. The summed E-state index contributed by atoms with van der Waals surface area (Å²) >= 11 is 7.91. The number of carbonyl (C=O) groups is 1. The maximum Gasteiger partial charge on any atom is 0.319 e. The number of benzene rings is 2. The summed E-state index contributed by atoms with van der Waals surface area (Å²) in [5, 5.41) is 10.2. The molecule has 0 spiro atoms. The van der Waals surface area contributed by atoms with Gasteiger partial charge in [-0.3, -0.25) is 9.69 Å². The first-order chi connectivity index (χ1) is 23.0. The predicted molar refractivity (Wildman–Crippen MR) is 176 cm³/mol. The molecule has 4 aliphatic heterocycles. The summed E-state index contributed by atoms with van der Waals surface area (Å²) in [4.78, 5) is 28.3. The number of hydrogen-bond acceptors (Lipinski definition) is 10. The Bertz CT molecular complexity index is 2070. The molecule has 6 heterocycles. The van der Waals surface area contributed by atoms with Crippen LogP contribution in [0.15, 0.2) is 12.1 Å². The molecule has 0 radical (unpaired) electrons. The van der Waals surface area contributed by atoms with Gasteiger partial charge in [0.25, 0.3) is 0 Å². The maximum absolute atomic E-state index is 17.2. The second kappa shape index (κ2) is 11.2. The van der Waals surface area contributed by atoms with Crippen molar-refractivity contribution in [3.8, 4) is 29.0 Å². The van der Waals surface area contributed by atoms with Crippen molar-refractivity contribution in [1.82, 2.24) is 19.8 Å². The van der Waals surface area contributed by atoms with E-state index in [1.54, 1.807) is 11.9 Å². The lowest BCUT2D eigenvalue weighted by atomic mass is 9.95. The zero-order chi connectivity index (χ0) is 33.6. The largest absolute Gasteiger partial charge is 0.489 e. The van der Waals surface area contributed by atoms with Gasteiger partial charge in [0.15, 0.2) is 11.6 Å². The Labute approximate surface area is 282 Å². The normalized spacial score (nSPS) is 25.5. The number of fused-ring (bicyclic) bond motifs is 2. The van der Waals surface area contributed by atoms with Gasteiger partial charge < -0.3 is 25.0 Å². The molecule has 4 atom stereocenters. The second-order valence-electron chi connectivity index (χ2n) is 13.1. The van der Waals surface area contributed by atoms with Gasteiger partial charge in [-0.15, -0.1) is 11.3 Å². The van der Waals surface area contributed by atoms with E-state index in [9.17, 15) is 18.8 Å². The van der Waals surface area contributed by atoms with Gasteiger partial charge in [-0.2, -0.15) is 15.2 Å². The van der Waals surface area contributed by atoms with Crippen molar-refractivity contribution < 1.29 is 27.4 Å². The molecule has 0 unspecified atom stereocenters. The zero-order valence-corrected chi connectivity index (χ0v) is 27.7. The maximum atomic E-state index is 17.2. The number of nitrogens with zero attached hydrogens (tertiary/aromatic N) is 6. The molecule has 2 aromatic carbocycles. The summed E-state index contributed by atoms with van der Waals surface area (Å²) in [6.45, 7) is 3.67. The fourth-order valence-electron chi connectivity index (χ4n) is 8.02. The number of thiophene rings is 1. The number of likely N-dealkylation sites (N-methyl/N-ethyl adjacent to an activating group) is 1. The highest BCUT2D eigenvalue weighted by molar-refractivity contribution is 7.23. The van der Waals surface area contributed by atoms with Crippen molar-refractivity contribution in [2.45, 2.75) is 56.4 Å². The van der Waals surface area contributed by atoms with Crippen molar-refractivity contribution in [3.05, 3.63) is 34.4 Å². The molecule has 4 aliphatic rings. The Morgan fingerprint density at radius 1 is 1.27 bits per heavy atom. The Balaban J connectivity index is 1.37. The molecule has 8 rings (SSSR count). The Kier molecular flexibility index (Phi) is 7.32. The van der Waals surface area contributed by atoms with E-state index < -0.39 is 35.4 Å². The molecule has 48 heavy (non-hydrogen) atoms. The number of anilines is 2. The minimum Gasteiger partial charge on any atom is -0.489 e. The van der Waals surface area contributed by atoms with Crippen LogP contribution in [0.5, 0.6) is 11.8 Å². The van der Waals surface area contributed by atoms with Crippen LogP contribution in [0.25, 0.3) is 32.1 Å². The van der Waals surface area contributed by atoms with Crippen LogP contribution in [0, 0.1) is 23.0 Å². The first-order valence-corrected chi connectivity index (χ1v) is 17.0. The fraction of sp³-hybridized carbons (Fsp3) is 0.455. The number of hydrogen-bond donors (Lipinski definition) is 1. The smallest absolute Gasteiger partial charge is 0.319 e. The van der Waals surface area contributed by atoms with Gasteiger partial charge >= 0.3 is 6.01 Å². The summed E-state index contributed by atoms with van der Waals surface area (Å²) in [6, 6.07) is 3.39. The van der Waals surface area contributed by atoms with E-state index in [0.717, 1.165) is 30.7 Å². The number of halogens is 4. The van der Waals surface area contributed by atoms with Crippen LogP contribution in [-0.4, -0.2) is 89.4 Å². The molecule has 15 heteroatoms. The van der Waals surface area contributed by atoms with Gasteiger partial charge in [-0.05, 0) is 44.4 Å². The Hall–Kier alpha value is -4.06. The quantitative estimate of drug-likeness (QED) is 0.281. The van der Waals surface area contributed by atoms with Gasteiger partial charge in [-0.25, -0.2) is 13.2 Å². The van der Waals surface area contributed by atoms with Gasteiger partial charge in [0.1, 0.15) is 53.6 Å². The monoisotopic (exact) mass is 697 g/mol. The lowest BCUT2D eigenvalue weighted by Gasteiger charge is -2.33. The predicted octanol–water partition coefficient (Wildman–Crippen LogP) is 5.67. The highest BCUT2D eigenvalue weighted by atomic mass is 35.5. The van der Waals surface area contributed by atoms with Crippen molar-refractivity contribution in [1.29, 1.82) is 5.26 Å². The molecule has 2 aromatic heterocycles. The number of nitrogen functional groups attached to an aromatic ring is 1. The molecule has 0 saturated carbocycles. The number of nitriles is 1. The van der Waals surface area contributed by atoms with Crippen LogP contribution in [0.3, 0.4) is 0 Å². The van der Waals surface area contributed by atoms with Crippen LogP contribution in [0.4, 0.5) is 24.0 Å². The minimum absolute atomic E-state index is 0.00557. The van der Waals surface area contributed by atoms with Crippen molar-refractivity contribution in [2.24, 2.45) is 0 Å². The first kappa shape index (κ1) is 31.2. The number of alkyl halides is 1. The molecule has 0 bridgehead atoms. The van der Waals surface area contributed by atoms with Crippen LogP contribution >= 0.6 is 22.9 Å². The number of likely N-dealkylation sites (tertiary alicyclic amines) is 1. The van der Waals surface area contributed by atoms with E-state index in [-0.39, 0.29) is 84.4 Å². The lowest BCUT2D eigenvalue weighted by molar-refractivity contribution is -0.127. The summed E-state index contributed by atoms with van der Waals surface area (Å²) in [5.41, 5.74) is 5.39. The first-order valence-electron chi connectivity index (χ1n) is 15.8. The van der Waals surface area contributed by atoms with Crippen molar-refractivity contribution in [2.75, 3.05) is 50.5 Å². The van der Waals surface area contributed by atoms with Crippen molar-refractivity contribution >= 4 is 60.7 Å². The molecule has 0 aliphatic carbocycles. The van der Waals surface area contributed by atoms with Gasteiger partial charge in [0.05, 0.1) is 32.3 Å². The molecule has 3 fully saturated rings. The fourth-order valence-corrected chi connectivity index (χ4v) is 9.31. The summed E-state index contributed by atoms with van der Waals surface area (Å²) in [5.74, 6) is -1.28. The standard InChI is InChI=1S/C33H31ClF3N7O3S/c1-15-13-46-27-23-26(25(37)22(24(27)34)17-4-5-19(36)28-21(17)18(11-38)29(39)48-28)40-32(41-30(23)44(15)20-6-9-42(2)31(20)45)47-14-33-7-3-8-43(33)12-16(35)10-33/h4-5,15-16,20H,3,6-10,12-14,39H2,1-2H3/t15-,16+,20-,33-/m0/s1. The van der Waals surface area contributed by atoms with Crippen LogP contribution < -0.4 is 20.1 Å². The summed E-state index contributed by atoms with van der Waals surface area (Å²) < 4.78 is 59.4. The van der Waals surface area contributed by atoms with Crippen LogP contribution in [0.2, 0.25) is 5.02 Å². The average Bonchev–Trinajstić information content (AvgIpc) is 3.76. The summed E-state index contributed by atoms with van der Waals surface area (Å²) in [6.07, 6.45) is 1.50. The third-order valence-corrected chi connectivity index (χ3v) is 11.7. The Morgan fingerprint density at radius 2 is 2.08 bits per heavy atom. The van der Waals surface area contributed by atoms with E-state index in [2.05, 4.69) is 9.88 Å². The molecule has 2 N–H and O–H groups in total. The molecule has 3 saturated heterocycles. The number of ether oxygens (including phenoxy) is 2. The molecule has 250 valence electrons. The molecular formula is C33H31ClF3N7O3S. The number of carbonyl (C=O) groups excluding carboxylic acids is 1. The zero-order valence-electron chi connectivity index (χ0n) is 26.2. The van der Waals surface area contributed by atoms with E-state index >= 15 is 4.39 Å². The number of rotatable bonds is 5.